The number of nitrogens with one attached hydrogen (secondary N) is 1. The normalized spacial score (nSPS) is 12.3. The summed E-state index contributed by atoms with van der Waals surface area (Å²) in [5.74, 6) is -0.973. The third-order valence-electron chi connectivity index (χ3n) is 2.54. The molecule has 1 unspecified atom stereocenters. The fourth-order valence-electron chi connectivity index (χ4n) is 1.15. The van der Waals surface area contributed by atoms with Gasteiger partial charge in [-0.25, -0.2) is 9.59 Å². The molecule has 0 aliphatic rings. The number of nitrogens with zero attached hydrogens (tertiary/aromatic N) is 1. The number of urea groups is 1. The number of hydrogen-bond donors (Lipinski definition) is 2. The van der Waals surface area contributed by atoms with Crippen molar-refractivity contribution < 1.29 is 14.7 Å². The number of rotatable bonds is 6. The molecule has 16 heavy (non-hydrogen) atoms. The van der Waals surface area contributed by atoms with Gasteiger partial charge < -0.3 is 15.3 Å². The molecule has 0 saturated heterocycles. The Morgan fingerprint density at radius 2 is 1.94 bits per heavy atom. The third kappa shape index (κ3) is 5.00. The maximum absolute atomic E-state index is 11.6. The minimum Gasteiger partial charge on any atom is -0.480 e. The van der Waals surface area contributed by atoms with Gasteiger partial charge in [0.25, 0.3) is 0 Å². The van der Waals surface area contributed by atoms with E-state index in [0.717, 1.165) is 12.8 Å². The molecule has 0 heterocycles. The van der Waals surface area contributed by atoms with Gasteiger partial charge in [-0.2, -0.15) is 0 Å². The number of carboxylic acids is 1. The smallest absolute Gasteiger partial charge is 0.326 e. The van der Waals surface area contributed by atoms with Crippen molar-refractivity contribution in [1.82, 2.24) is 10.2 Å². The molecule has 0 fully saturated rings. The number of carbonyl (C=O) groups excluding carboxylic acids is 1. The fourth-order valence-corrected chi connectivity index (χ4v) is 1.15. The van der Waals surface area contributed by atoms with E-state index in [9.17, 15) is 9.59 Å². The topological polar surface area (TPSA) is 69.6 Å². The minimum absolute atomic E-state index is 0.0561. The van der Waals surface area contributed by atoms with E-state index in [-0.39, 0.29) is 12.1 Å². The van der Waals surface area contributed by atoms with Crippen molar-refractivity contribution in [3.05, 3.63) is 0 Å². The molecule has 5 heteroatoms. The predicted octanol–water partition coefficient (Wildman–Crippen LogP) is 1.68. The Morgan fingerprint density at radius 1 is 1.38 bits per heavy atom. The lowest BCUT2D eigenvalue weighted by Gasteiger charge is -2.24. The summed E-state index contributed by atoms with van der Waals surface area (Å²) in [5, 5.41) is 11.5. The van der Waals surface area contributed by atoms with Crippen LogP contribution < -0.4 is 5.32 Å². The summed E-state index contributed by atoms with van der Waals surface area (Å²) in [7, 11) is 1.65. The van der Waals surface area contributed by atoms with E-state index in [4.69, 9.17) is 5.11 Å². The standard InChI is InChI=1S/C11H22N2O3/c1-5-6-7-9(10(14)15)12-11(16)13(4)8(2)3/h8-9H,5-7H2,1-4H3,(H,12,16)(H,14,15). The second kappa shape index (κ2) is 7.09. The number of amides is 2. The van der Waals surface area contributed by atoms with Crippen LogP contribution in [-0.2, 0) is 4.79 Å². The first-order valence-corrected chi connectivity index (χ1v) is 5.66. The predicted molar refractivity (Wildman–Crippen MR) is 62.4 cm³/mol. The number of unbranched alkanes of at least 4 members (excludes halogenated alkanes) is 1. The molecule has 2 amide bonds. The quantitative estimate of drug-likeness (QED) is 0.729. The largest absolute Gasteiger partial charge is 0.480 e. The minimum atomic E-state index is -0.973. The van der Waals surface area contributed by atoms with Crippen molar-refractivity contribution in [2.45, 2.75) is 52.1 Å². The summed E-state index contributed by atoms with van der Waals surface area (Å²) >= 11 is 0. The van der Waals surface area contributed by atoms with Gasteiger partial charge in [-0.3, -0.25) is 0 Å². The van der Waals surface area contributed by atoms with Crippen LogP contribution in [0, 0.1) is 0 Å². The van der Waals surface area contributed by atoms with Crippen LogP contribution >= 0.6 is 0 Å². The molecular weight excluding hydrogens is 208 g/mol. The molecular formula is C11H22N2O3. The summed E-state index contributed by atoms with van der Waals surface area (Å²) in [5.41, 5.74) is 0. The van der Waals surface area contributed by atoms with Crippen LogP contribution in [0.5, 0.6) is 0 Å². The van der Waals surface area contributed by atoms with Crippen LogP contribution in [0.25, 0.3) is 0 Å². The number of hydrogen-bond acceptors (Lipinski definition) is 2. The molecule has 2 N–H and O–H groups in total. The van der Waals surface area contributed by atoms with E-state index in [1.54, 1.807) is 7.05 Å². The molecule has 1 atom stereocenters. The highest BCUT2D eigenvalue weighted by Crippen LogP contribution is 2.02. The molecule has 0 rings (SSSR count). The summed E-state index contributed by atoms with van der Waals surface area (Å²) in [4.78, 5) is 24.0. The molecule has 0 saturated carbocycles. The Morgan fingerprint density at radius 3 is 2.31 bits per heavy atom. The maximum Gasteiger partial charge on any atom is 0.326 e. The van der Waals surface area contributed by atoms with Crippen LogP contribution in [0.15, 0.2) is 0 Å². The molecule has 94 valence electrons. The molecule has 0 aliphatic carbocycles. The summed E-state index contributed by atoms with van der Waals surface area (Å²) in [6.07, 6.45) is 2.19. The zero-order valence-electron chi connectivity index (χ0n) is 10.5. The van der Waals surface area contributed by atoms with Crippen molar-refractivity contribution in [3.63, 3.8) is 0 Å². The molecule has 5 nitrogen and oxygen atoms in total. The van der Waals surface area contributed by atoms with Crippen LogP contribution in [0.1, 0.15) is 40.0 Å². The fraction of sp³-hybridized carbons (Fsp3) is 0.818. The Hall–Kier alpha value is -1.26. The van der Waals surface area contributed by atoms with Gasteiger partial charge in [-0.1, -0.05) is 19.8 Å². The van der Waals surface area contributed by atoms with Gasteiger partial charge in [0.2, 0.25) is 0 Å². The van der Waals surface area contributed by atoms with E-state index >= 15 is 0 Å². The molecule has 0 aromatic carbocycles. The van der Waals surface area contributed by atoms with Crippen LogP contribution in [-0.4, -0.2) is 41.1 Å². The Kier molecular flexibility index (Phi) is 6.53. The average molecular weight is 230 g/mol. The molecule has 0 spiro atoms. The summed E-state index contributed by atoms with van der Waals surface area (Å²) < 4.78 is 0. The zero-order chi connectivity index (χ0) is 12.7. The number of carbonyl (C=O) groups is 2. The molecule has 0 aliphatic heterocycles. The second-order valence-electron chi connectivity index (χ2n) is 4.19. The van der Waals surface area contributed by atoms with Crippen LogP contribution in [0.3, 0.4) is 0 Å². The highest BCUT2D eigenvalue weighted by Gasteiger charge is 2.21. The first-order valence-electron chi connectivity index (χ1n) is 5.66. The highest BCUT2D eigenvalue weighted by atomic mass is 16.4. The van der Waals surface area contributed by atoms with Gasteiger partial charge >= 0.3 is 12.0 Å². The van der Waals surface area contributed by atoms with Crippen LogP contribution in [0.2, 0.25) is 0 Å². The van der Waals surface area contributed by atoms with Gasteiger partial charge in [0.1, 0.15) is 6.04 Å². The van der Waals surface area contributed by atoms with Crippen molar-refractivity contribution >= 4 is 12.0 Å². The SMILES string of the molecule is CCCCC(NC(=O)N(C)C(C)C)C(=O)O. The van der Waals surface area contributed by atoms with Gasteiger partial charge in [-0.15, -0.1) is 0 Å². The maximum atomic E-state index is 11.6. The first kappa shape index (κ1) is 14.7. The van der Waals surface area contributed by atoms with Crippen molar-refractivity contribution in [1.29, 1.82) is 0 Å². The zero-order valence-corrected chi connectivity index (χ0v) is 10.5. The van der Waals surface area contributed by atoms with Crippen molar-refractivity contribution in [3.8, 4) is 0 Å². The van der Waals surface area contributed by atoms with Crippen molar-refractivity contribution in [2.75, 3.05) is 7.05 Å². The highest BCUT2D eigenvalue weighted by molar-refractivity contribution is 5.82. The van der Waals surface area contributed by atoms with E-state index in [0.29, 0.717) is 6.42 Å². The Bertz CT molecular complexity index is 241. The second-order valence-corrected chi connectivity index (χ2v) is 4.19. The number of aliphatic carboxylic acids is 1. The lowest BCUT2D eigenvalue weighted by molar-refractivity contribution is -0.139. The van der Waals surface area contributed by atoms with Gasteiger partial charge in [0.05, 0.1) is 0 Å². The first-order chi connectivity index (χ1) is 7.40. The van der Waals surface area contributed by atoms with Crippen molar-refractivity contribution in [2.24, 2.45) is 0 Å². The monoisotopic (exact) mass is 230 g/mol. The Labute approximate surface area is 96.8 Å². The van der Waals surface area contributed by atoms with Gasteiger partial charge in [-0.05, 0) is 20.3 Å². The average Bonchev–Trinajstić information content (AvgIpc) is 2.21. The Balaban J connectivity index is 4.28. The van der Waals surface area contributed by atoms with E-state index in [1.165, 1.54) is 4.90 Å². The molecule has 0 aromatic rings. The number of carboxylic acid groups (broad SMARTS) is 1. The van der Waals surface area contributed by atoms with Gasteiger partial charge in [0.15, 0.2) is 0 Å². The summed E-state index contributed by atoms with van der Waals surface area (Å²) in [6.45, 7) is 5.74. The van der Waals surface area contributed by atoms with Crippen LogP contribution in [0.4, 0.5) is 4.79 Å². The summed E-state index contributed by atoms with van der Waals surface area (Å²) in [6, 6.07) is -1.06. The molecule has 0 bridgehead atoms. The lowest BCUT2D eigenvalue weighted by atomic mass is 10.1. The lowest BCUT2D eigenvalue weighted by Crippen LogP contribution is -2.48. The molecule has 0 aromatic heterocycles. The van der Waals surface area contributed by atoms with Gasteiger partial charge in [0, 0.05) is 13.1 Å². The van der Waals surface area contributed by atoms with E-state index in [1.807, 2.05) is 20.8 Å². The van der Waals surface area contributed by atoms with E-state index < -0.39 is 12.0 Å². The molecule has 0 radical (unpaired) electrons. The third-order valence-corrected chi connectivity index (χ3v) is 2.54. The van der Waals surface area contributed by atoms with E-state index in [2.05, 4.69) is 5.32 Å².